The molecule has 0 atom stereocenters. The van der Waals surface area contributed by atoms with Crippen molar-refractivity contribution in [3.63, 3.8) is 0 Å². The lowest BCUT2D eigenvalue weighted by molar-refractivity contribution is -0.115. The second-order valence-electron chi connectivity index (χ2n) is 6.81. The Morgan fingerprint density at radius 3 is 2.84 bits per heavy atom. The zero-order chi connectivity index (χ0) is 21.4. The number of hydrogen-bond donors (Lipinski definition) is 2. The molecule has 0 saturated heterocycles. The summed E-state index contributed by atoms with van der Waals surface area (Å²) in [7, 11) is 0. The fourth-order valence-corrected chi connectivity index (χ4v) is 4.66. The normalized spacial score (nSPS) is 12.2. The molecular formula is C21H16N4O4S2. The van der Waals surface area contributed by atoms with Crippen LogP contribution in [0.25, 0.3) is 10.2 Å². The molecule has 2 amide bonds. The van der Waals surface area contributed by atoms with E-state index < -0.39 is 0 Å². The van der Waals surface area contributed by atoms with Crippen LogP contribution in [0.3, 0.4) is 0 Å². The lowest BCUT2D eigenvalue weighted by Gasteiger charge is -2.04. The lowest BCUT2D eigenvalue weighted by Crippen LogP contribution is -2.15. The van der Waals surface area contributed by atoms with Crippen molar-refractivity contribution in [2.75, 3.05) is 17.4 Å². The van der Waals surface area contributed by atoms with Crippen LogP contribution in [-0.2, 0) is 11.2 Å². The van der Waals surface area contributed by atoms with Crippen molar-refractivity contribution in [3.8, 4) is 11.5 Å². The van der Waals surface area contributed by atoms with Gasteiger partial charge in [-0.15, -0.1) is 22.7 Å². The molecule has 0 bridgehead atoms. The standard InChI is InChI=1S/C21H16N4O4S2/c1-11-22-15-7-13(3-5-18(15)31-11)23-19(26)8-14-9-30-21(24-14)25-20(27)12-2-4-16-17(6-12)29-10-28-16/h2-7,9H,8,10H2,1H3,(H,23,26)(H,24,25,27). The quantitative estimate of drug-likeness (QED) is 0.470. The third-order valence-corrected chi connectivity index (χ3v) is 6.29. The van der Waals surface area contributed by atoms with Crippen LogP contribution in [0, 0.1) is 6.92 Å². The fraction of sp³-hybridized carbons (Fsp3) is 0.143. The Hall–Kier alpha value is -3.50. The highest BCUT2D eigenvalue weighted by Crippen LogP contribution is 2.32. The molecule has 10 heteroatoms. The van der Waals surface area contributed by atoms with Crippen molar-refractivity contribution >= 4 is 55.5 Å². The van der Waals surface area contributed by atoms with Crippen LogP contribution in [0.5, 0.6) is 11.5 Å². The summed E-state index contributed by atoms with van der Waals surface area (Å²) in [5.74, 6) is 0.652. The number of fused-ring (bicyclic) bond motifs is 2. The summed E-state index contributed by atoms with van der Waals surface area (Å²) in [6.45, 7) is 2.10. The van der Waals surface area contributed by atoms with Gasteiger partial charge in [0.25, 0.3) is 5.91 Å². The maximum Gasteiger partial charge on any atom is 0.257 e. The second kappa shape index (κ2) is 7.97. The monoisotopic (exact) mass is 452 g/mol. The fourth-order valence-electron chi connectivity index (χ4n) is 3.14. The number of carbonyl (C=O) groups excluding carboxylic acids is 2. The minimum atomic E-state index is -0.310. The number of benzene rings is 2. The molecule has 156 valence electrons. The van der Waals surface area contributed by atoms with Crippen LogP contribution >= 0.6 is 22.7 Å². The number of anilines is 2. The number of carbonyl (C=O) groups is 2. The van der Waals surface area contributed by atoms with Crippen molar-refractivity contribution in [1.29, 1.82) is 0 Å². The highest BCUT2D eigenvalue weighted by atomic mass is 32.1. The Kier molecular flexibility index (Phi) is 5.00. The van der Waals surface area contributed by atoms with Gasteiger partial charge in [0, 0.05) is 16.6 Å². The van der Waals surface area contributed by atoms with Crippen molar-refractivity contribution < 1.29 is 19.1 Å². The maximum absolute atomic E-state index is 12.5. The maximum atomic E-state index is 12.5. The average molecular weight is 453 g/mol. The third kappa shape index (κ3) is 4.21. The van der Waals surface area contributed by atoms with Gasteiger partial charge in [0.05, 0.1) is 27.3 Å². The number of nitrogens with one attached hydrogen (secondary N) is 2. The SMILES string of the molecule is Cc1nc2cc(NC(=O)Cc3csc(NC(=O)c4ccc5c(c4)OCO5)n3)ccc2s1. The van der Waals surface area contributed by atoms with Gasteiger partial charge in [-0.3, -0.25) is 14.9 Å². The molecule has 1 aliphatic heterocycles. The first-order valence-corrected chi connectivity index (χ1v) is 11.1. The first-order valence-electron chi connectivity index (χ1n) is 9.36. The minimum Gasteiger partial charge on any atom is -0.454 e. The molecule has 0 unspecified atom stereocenters. The van der Waals surface area contributed by atoms with E-state index in [9.17, 15) is 9.59 Å². The number of hydrogen-bond acceptors (Lipinski definition) is 8. The zero-order valence-corrected chi connectivity index (χ0v) is 17.9. The molecule has 4 aromatic rings. The van der Waals surface area contributed by atoms with E-state index in [1.165, 1.54) is 11.3 Å². The van der Waals surface area contributed by atoms with Crippen LogP contribution in [0.1, 0.15) is 21.1 Å². The predicted molar refractivity (Wildman–Crippen MR) is 119 cm³/mol. The molecule has 3 heterocycles. The number of aromatic nitrogens is 2. The van der Waals surface area contributed by atoms with Gasteiger partial charge in [-0.2, -0.15) is 0 Å². The van der Waals surface area contributed by atoms with Gasteiger partial charge in [0.2, 0.25) is 12.7 Å². The third-order valence-electron chi connectivity index (χ3n) is 4.53. The van der Waals surface area contributed by atoms with E-state index >= 15 is 0 Å². The molecule has 31 heavy (non-hydrogen) atoms. The largest absolute Gasteiger partial charge is 0.454 e. The molecular weight excluding hydrogens is 436 g/mol. The summed E-state index contributed by atoms with van der Waals surface area (Å²) in [5, 5.41) is 8.77. The Morgan fingerprint density at radius 1 is 1.06 bits per heavy atom. The van der Waals surface area contributed by atoms with Gasteiger partial charge in [0.1, 0.15) is 0 Å². The smallest absolute Gasteiger partial charge is 0.257 e. The van der Waals surface area contributed by atoms with Gasteiger partial charge in [0.15, 0.2) is 16.6 Å². The first-order chi connectivity index (χ1) is 15.0. The van der Waals surface area contributed by atoms with Gasteiger partial charge in [-0.05, 0) is 43.3 Å². The molecule has 0 fully saturated rings. The Labute approximate surface area is 184 Å². The molecule has 1 aliphatic rings. The Balaban J connectivity index is 1.20. The number of amides is 2. The molecule has 8 nitrogen and oxygen atoms in total. The van der Waals surface area contributed by atoms with Crippen molar-refractivity contribution in [3.05, 3.63) is 58.0 Å². The summed E-state index contributed by atoms with van der Waals surface area (Å²) in [6, 6.07) is 10.6. The summed E-state index contributed by atoms with van der Waals surface area (Å²) in [5.41, 5.74) is 2.57. The van der Waals surface area contributed by atoms with Crippen LogP contribution in [0.4, 0.5) is 10.8 Å². The predicted octanol–water partition coefficient (Wildman–Crippen LogP) is 4.22. The molecule has 0 radical (unpaired) electrons. The van der Waals surface area contributed by atoms with Crippen molar-refractivity contribution in [2.45, 2.75) is 13.3 Å². The van der Waals surface area contributed by atoms with E-state index in [-0.39, 0.29) is 25.0 Å². The minimum absolute atomic E-state index is 0.102. The van der Waals surface area contributed by atoms with E-state index in [1.54, 1.807) is 34.9 Å². The highest BCUT2D eigenvalue weighted by Gasteiger charge is 2.17. The van der Waals surface area contributed by atoms with E-state index in [1.807, 2.05) is 25.1 Å². The van der Waals surface area contributed by atoms with Crippen LogP contribution in [-0.4, -0.2) is 28.6 Å². The number of nitrogens with zero attached hydrogens (tertiary/aromatic N) is 2. The van der Waals surface area contributed by atoms with E-state index in [4.69, 9.17) is 9.47 Å². The number of rotatable bonds is 5. The Morgan fingerprint density at radius 2 is 1.94 bits per heavy atom. The summed E-state index contributed by atoms with van der Waals surface area (Å²) >= 11 is 2.88. The van der Waals surface area contributed by atoms with Gasteiger partial charge in [-0.1, -0.05) is 0 Å². The highest BCUT2D eigenvalue weighted by molar-refractivity contribution is 7.18. The Bertz CT molecular complexity index is 1310. The summed E-state index contributed by atoms with van der Waals surface area (Å²) in [4.78, 5) is 33.7. The van der Waals surface area contributed by atoms with E-state index in [2.05, 4.69) is 20.6 Å². The topological polar surface area (TPSA) is 102 Å². The molecule has 2 N–H and O–H groups in total. The van der Waals surface area contributed by atoms with Crippen LogP contribution in [0.15, 0.2) is 41.8 Å². The van der Waals surface area contributed by atoms with Crippen LogP contribution < -0.4 is 20.1 Å². The second-order valence-corrected chi connectivity index (χ2v) is 8.90. The van der Waals surface area contributed by atoms with Crippen LogP contribution in [0.2, 0.25) is 0 Å². The molecule has 2 aromatic heterocycles. The van der Waals surface area contributed by atoms with E-state index in [0.29, 0.717) is 33.6 Å². The average Bonchev–Trinajstić information content (AvgIpc) is 3.46. The summed E-state index contributed by atoms with van der Waals surface area (Å²) in [6.07, 6.45) is 0.102. The van der Waals surface area contributed by atoms with Gasteiger partial charge < -0.3 is 14.8 Å². The van der Waals surface area contributed by atoms with Crippen molar-refractivity contribution in [1.82, 2.24) is 9.97 Å². The lowest BCUT2D eigenvalue weighted by atomic mass is 10.2. The molecule has 5 rings (SSSR count). The van der Waals surface area contributed by atoms with Gasteiger partial charge in [-0.25, -0.2) is 9.97 Å². The summed E-state index contributed by atoms with van der Waals surface area (Å²) < 4.78 is 11.6. The number of ether oxygens (including phenoxy) is 2. The van der Waals surface area contributed by atoms with E-state index in [0.717, 1.165) is 15.2 Å². The molecule has 2 aromatic carbocycles. The van der Waals surface area contributed by atoms with Crippen molar-refractivity contribution in [2.24, 2.45) is 0 Å². The number of aryl methyl sites for hydroxylation is 1. The zero-order valence-electron chi connectivity index (χ0n) is 16.3. The molecule has 0 spiro atoms. The number of thiazole rings is 2. The molecule has 0 saturated carbocycles. The molecule has 0 aliphatic carbocycles. The van der Waals surface area contributed by atoms with Gasteiger partial charge >= 0.3 is 0 Å². The first kappa shape index (κ1) is 19.5.